The largest absolute Gasteiger partial charge is 0.489 e. The number of benzene rings is 2. The Bertz CT molecular complexity index is 1450. The van der Waals surface area contributed by atoms with Gasteiger partial charge in [-0.2, -0.15) is 9.49 Å². The van der Waals surface area contributed by atoms with Crippen LogP contribution < -0.4 is 4.74 Å². The SMILES string of the molecule is Cc1c(CCOc2c(-c3ccc4nccc(CN(C)C)c4c3)ccc(F)c2F)c(CC(C)(C)CO)nn1C. The van der Waals surface area contributed by atoms with Crippen molar-refractivity contribution < 1.29 is 18.6 Å². The highest BCUT2D eigenvalue weighted by atomic mass is 19.2. The Kier molecular flexibility index (Phi) is 8.13. The van der Waals surface area contributed by atoms with Gasteiger partial charge in [-0.3, -0.25) is 9.67 Å². The van der Waals surface area contributed by atoms with Crippen molar-refractivity contribution in [3.63, 3.8) is 0 Å². The Morgan fingerprint density at radius 3 is 2.58 bits per heavy atom. The van der Waals surface area contributed by atoms with Crippen LogP contribution >= 0.6 is 0 Å². The van der Waals surface area contributed by atoms with Crippen LogP contribution in [0.3, 0.4) is 0 Å². The molecule has 2 heterocycles. The van der Waals surface area contributed by atoms with Crippen molar-refractivity contribution in [3.05, 3.63) is 76.7 Å². The second-order valence-corrected chi connectivity index (χ2v) is 10.9. The maximum absolute atomic E-state index is 15.1. The van der Waals surface area contributed by atoms with E-state index in [2.05, 4.69) is 15.0 Å². The van der Waals surface area contributed by atoms with Crippen LogP contribution in [0.4, 0.5) is 8.78 Å². The number of aliphatic hydroxyl groups is 1. The quantitative estimate of drug-likeness (QED) is 0.299. The summed E-state index contributed by atoms with van der Waals surface area (Å²) in [5.74, 6) is -2.07. The highest BCUT2D eigenvalue weighted by Gasteiger charge is 2.24. The molecule has 0 saturated heterocycles. The third-order valence-corrected chi connectivity index (χ3v) is 6.89. The minimum Gasteiger partial charge on any atom is -0.489 e. The highest BCUT2D eigenvalue weighted by Crippen LogP contribution is 2.36. The Balaban J connectivity index is 1.65. The molecule has 0 aliphatic rings. The Morgan fingerprint density at radius 1 is 1.11 bits per heavy atom. The molecule has 0 aliphatic carbocycles. The number of nitrogens with zero attached hydrogens (tertiary/aromatic N) is 4. The molecule has 8 heteroatoms. The van der Waals surface area contributed by atoms with E-state index in [1.54, 1.807) is 16.9 Å². The molecule has 202 valence electrons. The predicted molar refractivity (Wildman–Crippen MR) is 146 cm³/mol. The summed E-state index contributed by atoms with van der Waals surface area (Å²) in [6.07, 6.45) is 2.85. The van der Waals surface area contributed by atoms with Gasteiger partial charge in [-0.25, -0.2) is 4.39 Å². The summed E-state index contributed by atoms with van der Waals surface area (Å²) in [6.45, 7) is 6.84. The molecule has 38 heavy (non-hydrogen) atoms. The fourth-order valence-corrected chi connectivity index (χ4v) is 4.70. The molecule has 2 aromatic heterocycles. The lowest BCUT2D eigenvalue weighted by molar-refractivity contribution is 0.158. The molecule has 0 fully saturated rings. The number of rotatable bonds is 10. The molecule has 0 saturated carbocycles. The van der Waals surface area contributed by atoms with E-state index in [-0.39, 0.29) is 24.4 Å². The Hall–Kier alpha value is -3.36. The van der Waals surface area contributed by atoms with Crippen molar-refractivity contribution in [3.8, 4) is 16.9 Å². The van der Waals surface area contributed by atoms with Crippen LogP contribution in [-0.4, -0.2) is 52.1 Å². The summed E-state index contributed by atoms with van der Waals surface area (Å²) in [7, 11) is 5.87. The van der Waals surface area contributed by atoms with Crippen molar-refractivity contribution >= 4 is 10.9 Å². The summed E-state index contributed by atoms with van der Waals surface area (Å²) in [5, 5.41) is 15.3. The Morgan fingerprint density at radius 2 is 1.87 bits per heavy atom. The minimum atomic E-state index is -1.01. The van der Waals surface area contributed by atoms with Gasteiger partial charge in [-0.1, -0.05) is 19.9 Å². The Labute approximate surface area is 222 Å². The van der Waals surface area contributed by atoms with Crippen LogP contribution in [0.2, 0.25) is 0 Å². The summed E-state index contributed by atoms with van der Waals surface area (Å²) in [5.41, 5.74) is 5.67. The van der Waals surface area contributed by atoms with Crippen LogP contribution in [0.15, 0.2) is 42.6 Å². The molecule has 4 aromatic rings. The molecule has 0 radical (unpaired) electrons. The number of aryl methyl sites for hydroxylation is 1. The molecular formula is C30H36F2N4O2. The van der Waals surface area contributed by atoms with Crippen molar-refractivity contribution in [2.75, 3.05) is 27.3 Å². The summed E-state index contributed by atoms with van der Waals surface area (Å²) in [6, 6.07) is 10.4. The monoisotopic (exact) mass is 522 g/mol. The first-order valence-corrected chi connectivity index (χ1v) is 12.8. The van der Waals surface area contributed by atoms with Crippen LogP contribution in [0.1, 0.15) is 36.4 Å². The molecular weight excluding hydrogens is 486 g/mol. The van der Waals surface area contributed by atoms with Crippen LogP contribution in [0.25, 0.3) is 22.0 Å². The number of hydrogen-bond acceptors (Lipinski definition) is 5. The zero-order valence-corrected chi connectivity index (χ0v) is 23.0. The van der Waals surface area contributed by atoms with E-state index >= 15 is 4.39 Å². The minimum absolute atomic E-state index is 0.0357. The van der Waals surface area contributed by atoms with Gasteiger partial charge in [0.2, 0.25) is 5.82 Å². The zero-order chi connectivity index (χ0) is 27.6. The molecule has 1 N–H and O–H groups in total. The maximum atomic E-state index is 15.1. The van der Waals surface area contributed by atoms with E-state index < -0.39 is 11.6 Å². The van der Waals surface area contributed by atoms with E-state index in [0.29, 0.717) is 18.4 Å². The molecule has 0 spiro atoms. The van der Waals surface area contributed by atoms with Crippen LogP contribution in [0, 0.1) is 24.0 Å². The fraction of sp³-hybridized carbons (Fsp3) is 0.400. The first kappa shape index (κ1) is 27.7. The lowest BCUT2D eigenvalue weighted by Crippen LogP contribution is -2.21. The maximum Gasteiger partial charge on any atom is 0.201 e. The number of ether oxygens (including phenoxy) is 1. The summed E-state index contributed by atoms with van der Waals surface area (Å²) in [4.78, 5) is 6.54. The summed E-state index contributed by atoms with van der Waals surface area (Å²) >= 11 is 0. The van der Waals surface area contributed by atoms with Crippen LogP contribution in [0.5, 0.6) is 5.75 Å². The number of halogens is 2. The van der Waals surface area contributed by atoms with Crippen molar-refractivity contribution in [2.45, 2.75) is 40.2 Å². The van der Waals surface area contributed by atoms with Crippen molar-refractivity contribution in [1.29, 1.82) is 0 Å². The summed E-state index contributed by atoms with van der Waals surface area (Å²) < 4.78 is 37.2. The lowest BCUT2D eigenvalue weighted by Gasteiger charge is -2.21. The molecule has 4 rings (SSSR count). The van der Waals surface area contributed by atoms with Gasteiger partial charge >= 0.3 is 0 Å². The molecule has 0 aliphatic heterocycles. The first-order chi connectivity index (χ1) is 18.0. The number of aliphatic hydroxyl groups excluding tert-OH is 1. The normalized spacial score (nSPS) is 12.1. The molecule has 2 aromatic carbocycles. The van der Waals surface area contributed by atoms with E-state index in [0.717, 1.165) is 51.6 Å². The fourth-order valence-electron chi connectivity index (χ4n) is 4.70. The number of pyridine rings is 1. The smallest absolute Gasteiger partial charge is 0.201 e. The molecule has 0 atom stereocenters. The highest BCUT2D eigenvalue weighted by molar-refractivity contribution is 5.88. The molecule has 0 amide bonds. The van der Waals surface area contributed by atoms with Gasteiger partial charge in [0, 0.05) is 49.5 Å². The lowest BCUT2D eigenvalue weighted by atomic mass is 9.87. The zero-order valence-electron chi connectivity index (χ0n) is 23.0. The average molecular weight is 523 g/mol. The molecule has 6 nitrogen and oxygen atoms in total. The van der Waals surface area contributed by atoms with E-state index in [9.17, 15) is 9.50 Å². The van der Waals surface area contributed by atoms with E-state index in [4.69, 9.17) is 4.74 Å². The predicted octanol–water partition coefficient (Wildman–Crippen LogP) is 5.47. The first-order valence-electron chi connectivity index (χ1n) is 12.8. The van der Waals surface area contributed by atoms with Gasteiger partial charge in [0.05, 0.1) is 17.8 Å². The third-order valence-electron chi connectivity index (χ3n) is 6.89. The third kappa shape index (κ3) is 5.87. The van der Waals surface area contributed by atoms with Gasteiger partial charge in [0.1, 0.15) is 0 Å². The van der Waals surface area contributed by atoms with Crippen LogP contribution in [-0.2, 0) is 26.4 Å². The molecule has 0 unspecified atom stereocenters. The molecule has 0 bridgehead atoms. The van der Waals surface area contributed by atoms with E-state index in [1.807, 2.05) is 66.2 Å². The van der Waals surface area contributed by atoms with Crippen molar-refractivity contribution in [1.82, 2.24) is 19.7 Å². The van der Waals surface area contributed by atoms with Gasteiger partial charge in [-0.05, 0) is 79.9 Å². The van der Waals surface area contributed by atoms with Crippen molar-refractivity contribution in [2.24, 2.45) is 12.5 Å². The van der Waals surface area contributed by atoms with Gasteiger partial charge in [0.15, 0.2) is 11.6 Å². The number of aromatic nitrogens is 3. The van der Waals surface area contributed by atoms with Gasteiger partial charge in [-0.15, -0.1) is 0 Å². The topological polar surface area (TPSA) is 63.4 Å². The average Bonchev–Trinajstić information content (AvgIpc) is 3.13. The van der Waals surface area contributed by atoms with Gasteiger partial charge < -0.3 is 14.7 Å². The van der Waals surface area contributed by atoms with E-state index in [1.165, 1.54) is 0 Å². The second-order valence-electron chi connectivity index (χ2n) is 10.9. The second kappa shape index (κ2) is 11.2. The van der Waals surface area contributed by atoms with Gasteiger partial charge in [0.25, 0.3) is 0 Å². The number of hydrogen-bond donors (Lipinski definition) is 1. The standard InChI is InChI=1S/C30H36F2N4O2/c1-19-22(27(34-36(19)6)16-30(2,3)18-37)12-14-38-29-23(8-9-25(31)28(29)32)20-7-10-26-24(15-20)21(11-13-33-26)17-35(4)5/h7-11,13,15,37H,12,14,16-18H2,1-6H3. The number of fused-ring (bicyclic) bond motifs is 1.